The summed E-state index contributed by atoms with van der Waals surface area (Å²) in [5.74, 6) is -1.56. The molecular formula is C24H28F3N3O4. The smallest absolute Gasteiger partial charge is 0.391 e. The van der Waals surface area contributed by atoms with Gasteiger partial charge in [-0.1, -0.05) is 0 Å². The van der Waals surface area contributed by atoms with Gasteiger partial charge in [0, 0.05) is 30.9 Å². The van der Waals surface area contributed by atoms with Gasteiger partial charge in [0.25, 0.3) is 0 Å². The van der Waals surface area contributed by atoms with Crippen molar-refractivity contribution in [3.8, 4) is 5.75 Å². The van der Waals surface area contributed by atoms with Gasteiger partial charge in [-0.3, -0.25) is 4.98 Å². The van der Waals surface area contributed by atoms with E-state index >= 15 is 0 Å². The monoisotopic (exact) mass is 479 g/mol. The van der Waals surface area contributed by atoms with Crippen LogP contribution in [0.2, 0.25) is 0 Å². The van der Waals surface area contributed by atoms with Crippen LogP contribution in [0.5, 0.6) is 5.75 Å². The predicted octanol–water partition coefficient (Wildman–Crippen LogP) is 4.81. The van der Waals surface area contributed by atoms with Gasteiger partial charge in [0.05, 0.1) is 37.2 Å². The summed E-state index contributed by atoms with van der Waals surface area (Å²) in [5, 5.41) is 9.19. The molecule has 0 radical (unpaired) electrons. The maximum atomic E-state index is 12.9. The highest BCUT2D eigenvalue weighted by atomic mass is 19.4. The van der Waals surface area contributed by atoms with E-state index in [9.17, 15) is 23.1 Å². The number of aromatic carboxylic acids is 1. The average Bonchev–Trinajstić information content (AvgIpc) is 2.82. The van der Waals surface area contributed by atoms with Crippen LogP contribution in [-0.2, 0) is 4.74 Å². The Labute approximate surface area is 195 Å². The second-order valence-corrected chi connectivity index (χ2v) is 8.99. The van der Waals surface area contributed by atoms with Crippen molar-refractivity contribution >= 4 is 11.7 Å². The zero-order valence-corrected chi connectivity index (χ0v) is 18.9. The Morgan fingerprint density at radius 3 is 2.65 bits per heavy atom. The van der Waals surface area contributed by atoms with E-state index in [1.165, 1.54) is 6.20 Å². The number of halogens is 3. The molecule has 184 valence electrons. The number of carboxylic acid groups (broad SMARTS) is 1. The van der Waals surface area contributed by atoms with Crippen molar-refractivity contribution in [3.05, 3.63) is 47.5 Å². The maximum Gasteiger partial charge on any atom is 0.391 e. The molecule has 1 saturated carbocycles. The number of rotatable bonds is 6. The number of hydrogen-bond donors (Lipinski definition) is 1. The molecule has 2 aromatic heterocycles. The lowest BCUT2D eigenvalue weighted by molar-refractivity contribution is -0.184. The maximum absolute atomic E-state index is 12.9. The number of hydrogen-bond acceptors (Lipinski definition) is 6. The molecule has 2 fully saturated rings. The molecular weight excluding hydrogens is 451 g/mol. The van der Waals surface area contributed by atoms with E-state index in [0.717, 1.165) is 11.3 Å². The first-order chi connectivity index (χ1) is 16.2. The number of ether oxygens (including phenoxy) is 2. The number of carbonyl (C=O) groups is 1. The summed E-state index contributed by atoms with van der Waals surface area (Å²) in [6, 6.07) is 3.67. The van der Waals surface area contributed by atoms with Gasteiger partial charge >= 0.3 is 12.1 Å². The van der Waals surface area contributed by atoms with Crippen molar-refractivity contribution in [1.82, 2.24) is 9.97 Å². The summed E-state index contributed by atoms with van der Waals surface area (Å²) in [6.45, 7) is 3.77. The zero-order valence-electron chi connectivity index (χ0n) is 18.9. The first-order valence-corrected chi connectivity index (χ1v) is 11.4. The number of morpholine rings is 1. The predicted molar refractivity (Wildman–Crippen MR) is 118 cm³/mol. The molecule has 2 aliphatic rings. The van der Waals surface area contributed by atoms with Gasteiger partial charge in [-0.05, 0) is 50.2 Å². The molecule has 1 aliphatic heterocycles. The van der Waals surface area contributed by atoms with E-state index in [1.54, 1.807) is 25.4 Å². The molecule has 34 heavy (non-hydrogen) atoms. The summed E-state index contributed by atoms with van der Waals surface area (Å²) >= 11 is 0. The summed E-state index contributed by atoms with van der Waals surface area (Å²) in [4.78, 5) is 21.7. The van der Waals surface area contributed by atoms with Crippen molar-refractivity contribution in [3.63, 3.8) is 0 Å². The SMILES string of the molecule is Cc1cc(C2CN(c3cncc(OCC4CCC(C(F)(F)F)CC4)c3)CCO2)cnc1C(=O)O. The van der Waals surface area contributed by atoms with Crippen molar-refractivity contribution < 1.29 is 32.5 Å². The summed E-state index contributed by atoms with van der Waals surface area (Å²) < 4.78 is 50.4. The third-order valence-electron chi connectivity index (χ3n) is 6.60. The van der Waals surface area contributed by atoms with Gasteiger partial charge in [0.2, 0.25) is 0 Å². The van der Waals surface area contributed by atoms with Crippen molar-refractivity contribution in [2.75, 3.05) is 31.2 Å². The average molecular weight is 479 g/mol. The second kappa shape index (κ2) is 10.2. The quantitative estimate of drug-likeness (QED) is 0.637. The van der Waals surface area contributed by atoms with Crippen LogP contribution in [0.15, 0.2) is 30.7 Å². The lowest BCUT2D eigenvalue weighted by atomic mass is 9.82. The second-order valence-electron chi connectivity index (χ2n) is 8.99. The number of pyridine rings is 2. The first-order valence-electron chi connectivity index (χ1n) is 11.4. The van der Waals surface area contributed by atoms with Gasteiger partial charge in [0.15, 0.2) is 5.69 Å². The molecule has 7 nitrogen and oxygen atoms in total. The van der Waals surface area contributed by atoms with Gasteiger partial charge in [-0.25, -0.2) is 9.78 Å². The molecule has 0 bridgehead atoms. The molecule has 1 saturated heterocycles. The molecule has 1 unspecified atom stereocenters. The molecule has 0 amide bonds. The van der Waals surface area contributed by atoms with Crippen LogP contribution in [0.3, 0.4) is 0 Å². The van der Waals surface area contributed by atoms with E-state index in [1.807, 2.05) is 6.07 Å². The Morgan fingerprint density at radius 2 is 1.97 bits per heavy atom. The van der Waals surface area contributed by atoms with E-state index in [2.05, 4.69) is 14.9 Å². The van der Waals surface area contributed by atoms with Crippen LogP contribution < -0.4 is 9.64 Å². The van der Waals surface area contributed by atoms with Crippen LogP contribution in [0.25, 0.3) is 0 Å². The van der Waals surface area contributed by atoms with Crippen LogP contribution >= 0.6 is 0 Å². The van der Waals surface area contributed by atoms with E-state index < -0.39 is 18.1 Å². The van der Waals surface area contributed by atoms with Crippen LogP contribution in [0.4, 0.5) is 18.9 Å². The minimum atomic E-state index is -4.10. The van der Waals surface area contributed by atoms with Gasteiger partial charge in [-0.2, -0.15) is 13.2 Å². The lowest BCUT2D eigenvalue weighted by Gasteiger charge is -2.34. The Morgan fingerprint density at radius 1 is 1.21 bits per heavy atom. The van der Waals surface area contributed by atoms with Crippen LogP contribution in [0, 0.1) is 18.8 Å². The Balaban J connectivity index is 1.35. The number of carboxylic acids is 1. The molecule has 0 spiro atoms. The van der Waals surface area contributed by atoms with E-state index in [0.29, 0.717) is 50.5 Å². The highest BCUT2D eigenvalue weighted by Gasteiger charge is 2.41. The molecule has 3 heterocycles. The Hall–Kier alpha value is -2.88. The topological polar surface area (TPSA) is 84.8 Å². The Bertz CT molecular complexity index is 1010. The van der Waals surface area contributed by atoms with Crippen molar-refractivity contribution in [2.45, 2.75) is 44.9 Å². The lowest BCUT2D eigenvalue weighted by Crippen LogP contribution is -2.38. The number of aromatic nitrogens is 2. The van der Waals surface area contributed by atoms with Gasteiger partial charge < -0.3 is 19.5 Å². The molecule has 0 aromatic carbocycles. The fraction of sp³-hybridized carbons (Fsp3) is 0.542. The van der Waals surface area contributed by atoms with E-state index in [4.69, 9.17) is 9.47 Å². The summed E-state index contributed by atoms with van der Waals surface area (Å²) in [7, 11) is 0. The minimum Gasteiger partial charge on any atom is -0.492 e. The zero-order chi connectivity index (χ0) is 24.3. The molecule has 1 atom stereocenters. The van der Waals surface area contributed by atoms with Crippen LogP contribution in [0.1, 0.15) is 53.4 Å². The molecule has 4 rings (SSSR count). The third kappa shape index (κ3) is 5.78. The van der Waals surface area contributed by atoms with Gasteiger partial charge in [0.1, 0.15) is 11.9 Å². The number of anilines is 1. The normalized spacial score (nSPS) is 23.5. The third-order valence-corrected chi connectivity index (χ3v) is 6.60. The van der Waals surface area contributed by atoms with E-state index in [-0.39, 0.29) is 30.6 Å². The number of nitrogens with zero attached hydrogens (tertiary/aromatic N) is 3. The molecule has 10 heteroatoms. The van der Waals surface area contributed by atoms with Crippen molar-refractivity contribution in [2.24, 2.45) is 11.8 Å². The fourth-order valence-corrected chi connectivity index (χ4v) is 4.61. The standard InChI is InChI=1S/C24H28F3N3O4/c1-15-8-17(10-29-22(15)23(31)32)21-13-30(6-7-33-21)19-9-20(12-28-11-19)34-14-16-2-4-18(5-3-16)24(25,26)27/h8-12,16,18,21H,2-7,13-14H2,1H3,(H,31,32). The largest absolute Gasteiger partial charge is 0.492 e. The first kappa shape index (κ1) is 24.3. The number of alkyl halides is 3. The highest BCUT2D eigenvalue weighted by Crippen LogP contribution is 2.39. The number of aryl methyl sites for hydroxylation is 1. The Kier molecular flexibility index (Phi) is 7.25. The summed E-state index contributed by atoms with van der Waals surface area (Å²) in [6.07, 6.45) is 1.85. The highest BCUT2D eigenvalue weighted by molar-refractivity contribution is 5.86. The minimum absolute atomic E-state index is 0.0253. The molecule has 1 aliphatic carbocycles. The fourth-order valence-electron chi connectivity index (χ4n) is 4.61. The van der Waals surface area contributed by atoms with Gasteiger partial charge in [-0.15, -0.1) is 0 Å². The van der Waals surface area contributed by atoms with Crippen molar-refractivity contribution in [1.29, 1.82) is 0 Å². The summed E-state index contributed by atoms with van der Waals surface area (Å²) in [5.41, 5.74) is 2.27. The molecule has 2 aromatic rings. The molecule has 1 N–H and O–H groups in total. The van der Waals surface area contributed by atoms with Crippen LogP contribution in [-0.4, -0.2) is 53.5 Å².